The quantitative estimate of drug-likeness (QED) is 0.885. The molecule has 0 aromatic carbocycles. The van der Waals surface area contributed by atoms with Crippen molar-refractivity contribution in [3.63, 3.8) is 0 Å². The molecule has 98 valence electrons. The summed E-state index contributed by atoms with van der Waals surface area (Å²) in [5, 5.41) is 2.86. The molecular weight excluding hydrogens is 240 g/mol. The van der Waals surface area contributed by atoms with Crippen LogP contribution in [-0.4, -0.2) is 15.5 Å². The molecule has 1 aliphatic carbocycles. The highest BCUT2D eigenvalue weighted by atomic mass is 16.2. The Morgan fingerprint density at radius 2 is 2.21 bits per heavy atom. The molecule has 1 amide bonds. The van der Waals surface area contributed by atoms with Crippen LogP contribution in [0, 0.1) is 6.92 Å². The zero-order valence-electron chi connectivity index (χ0n) is 10.8. The van der Waals surface area contributed by atoms with Crippen LogP contribution in [0.4, 0.5) is 11.4 Å². The largest absolute Gasteiger partial charge is 0.397 e. The van der Waals surface area contributed by atoms with E-state index in [1.165, 1.54) is 0 Å². The zero-order valence-corrected chi connectivity index (χ0v) is 10.8. The third-order valence-corrected chi connectivity index (χ3v) is 3.18. The summed E-state index contributed by atoms with van der Waals surface area (Å²) in [5.74, 6) is -0.143. The highest BCUT2D eigenvalue weighted by Gasteiger charge is 2.27. The number of hydrogen-bond donors (Lipinski definition) is 2. The molecule has 1 fully saturated rings. The van der Waals surface area contributed by atoms with Crippen LogP contribution >= 0.6 is 0 Å². The number of anilines is 2. The highest BCUT2D eigenvalue weighted by Crippen LogP contribution is 2.37. The van der Waals surface area contributed by atoms with Crippen LogP contribution in [0.15, 0.2) is 30.7 Å². The Morgan fingerprint density at radius 3 is 2.89 bits per heavy atom. The number of aromatic nitrogens is 2. The molecule has 0 aliphatic heterocycles. The first-order valence-corrected chi connectivity index (χ1v) is 6.34. The zero-order chi connectivity index (χ0) is 13.4. The Morgan fingerprint density at radius 1 is 1.42 bits per heavy atom. The second-order valence-corrected chi connectivity index (χ2v) is 5.00. The minimum absolute atomic E-state index is 0.143. The molecule has 2 aromatic rings. The predicted octanol–water partition coefficient (Wildman–Crippen LogP) is 2.36. The Balaban J connectivity index is 1.84. The molecule has 0 bridgehead atoms. The first-order chi connectivity index (χ1) is 9.13. The molecule has 5 heteroatoms. The van der Waals surface area contributed by atoms with Gasteiger partial charge in [-0.05, 0) is 37.5 Å². The molecule has 19 heavy (non-hydrogen) atoms. The number of amides is 1. The molecule has 2 heterocycles. The number of nitrogen functional groups attached to an aromatic ring is 1. The van der Waals surface area contributed by atoms with Crippen molar-refractivity contribution in [2.45, 2.75) is 25.8 Å². The molecule has 0 atom stereocenters. The van der Waals surface area contributed by atoms with Crippen LogP contribution in [0.25, 0.3) is 0 Å². The van der Waals surface area contributed by atoms with Gasteiger partial charge in [-0.3, -0.25) is 9.78 Å². The van der Waals surface area contributed by atoms with Gasteiger partial charge < -0.3 is 15.6 Å². The van der Waals surface area contributed by atoms with Crippen LogP contribution < -0.4 is 11.1 Å². The SMILES string of the molecule is Cc1cncc(NC(=O)c2cc(N)cn2C2CC2)c1. The number of nitrogens with zero attached hydrogens (tertiary/aromatic N) is 2. The Labute approximate surface area is 111 Å². The van der Waals surface area contributed by atoms with Gasteiger partial charge in [0.15, 0.2) is 0 Å². The lowest BCUT2D eigenvalue weighted by molar-refractivity contribution is 0.101. The van der Waals surface area contributed by atoms with Gasteiger partial charge in [0.25, 0.3) is 5.91 Å². The topological polar surface area (TPSA) is 72.9 Å². The normalized spacial score (nSPS) is 14.4. The van der Waals surface area contributed by atoms with E-state index in [-0.39, 0.29) is 5.91 Å². The Kier molecular flexibility index (Phi) is 2.74. The van der Waals surface area contributed by atoms with E-state index in [1.807, 2.05) is 23.8 Å². The summed E-state index contributed by atoms with van der Waals surface area (Å²) in [6.45, 7) is 1.94. The van der Waals surface area contributed by atoms with Gasteiger partial charge in [0.2, 0.25) is 0 Å². The first-order valence-electron chi connectivity index (χ1n) is 6.34. The van der Waals surface area contributed by atoms with Crippen molar-refractivity contribution in [2.75, 3.05) is 11.1 Å². The van der Waals surface area contributed by atoms with Crippen molar-refractivity contribution < 1.29 is 4.79 Å². The summed E-state index contributed by atoms with van der Waals surface area (Å²) >= 11 is 0. The molecule has 3 N–H and O–H groups in total. The maximum absolute atomic E-state index is 12.3. The van der Waals surface area contributed by atoms with Gasteiger partial charge in [-0.25, -0.2) is 0 Å². The van der Waals surface area contributed by atoms with Gasteiger partial charge >= 0.3 is 0 Å². The van der Waals surface area contributed by atoms with E-state index in [4.69, 9.17) is 5.73 Å². The summed E-state index contributed by atoms with van der Waals surface area (Å²) in [7, 11) is 0. The second kappa shape index (κ2) is 4.42. The molecule has 1 saturated carbocycles. The molecule has 0 unspecified atom stereocenters. The number of pyridine rings is 1. The third-order valence-electron chi connectivity index (χ3n) is 3.18. The lowest BCUT2D eigenvalue weighted by atomic mass is 10.3. The van der Waals surface area contributed by atoms with E-state index < -0.39 is 0 Å². The van der Waals surface area contributed by atoms with Gasteiger partial charge in [-0.1, -0.05) is 0 Å². The summed E-state index contributed by atoms with van der Waals surface area (Å²) in [4.78, 5) is 16.3. The van der Waals surface area contributed by atoms with Crippen LogP contribution in [0.1, 0.15) is 34.9 Å². The van der Waals surface area contributed by atoms with Crippen LogP contribution in [-0.2, 0) is 0 Å². The first kappa shape index (κ1) is 11.8. The second-order valence-electron chi connectivity index (χ2n) is 5.00. The smallest absolute Gasteiger partial charge is 0.272 e. The van der Waals surface area contributed by atoms with E-state index >= 15 is 0 Å². The van der Waals surface area contributed by atoms with Crippen LogP contribution in [0.5, 0.6) is 0 Å². The van der Waals surface area contributed by atoms with Crippen molar-refractivity contribution in [3.05, 3.63) is 42.0 Å². The fraction of sp³-hybridized carbons (Fsp3) is 0.286. The Bertz CT molecular complexity index is 628. The number of rotatable bonds is 3. The van der Waals surface area contributed by atoms with Crippen LogP contribution in [0.2, 0.25) is 0 Å². The van der Waals surface area contributed by atoms with Crippen molar-refractivity contribution in [3.8, 4) is 0 Å². The maximum atomic E-state index is 12.3. The summed E-state index contributed by atoms with van der Waals surface area (Å²) in [6.07, 6.45) is 7.45. The van der Waals surface area contributed by atoms with Gasteiger partial charge in [-0.2, -0.15) is 0 Å². The highest BCUT2D eigenvalue weighted by molar-refractivity contribution is 6.03. The minimum Gasteiger partial charge on any atom is -0.397 e. The molecular formula is C14H16N4O. The van der Waals surface area contributed by atoms with Gasteiger partial charge in [0, 0.05) is 18.4 Å². The third kappa shape index (κ3) is 2.45. The van der Waals surface area contributed by atoms with E-state index in [0.29, 0.717) is 23.1 Å². The van der Waals surface area contributed by atoms with Crippen molar-refractivity contribution in [2.24, 2.45) is 0 Å². The molecule has 0 spiro atoms. The van der Waals surface area contributed by atoms with Gasteiger partial charge in [0.1, 0.15) is 5.69 Å². The fourth-order valence-electron chi connectivity index (χ4n) is 2.16. The van der Waals surface area contributed by atoms with Gasteiger partial charge in [-0.15, -0.1) is 0 Å². The van der Waals surface area contributed by atoms with Crippen molar-refractivity contribution >= 4 is 17.3 Å². The molecule has 3 rings (SSSR count). The lowest BCUT2D eigenvalue weighted by Gasteiger charge is -2.08. The molecule has 0 radical (unpaired) electrons. The number of carbonyl (C=O) groups excluding carboxylic acids is 1. The minimum atomic E-state index is -0.143. The molecule has 5 nitrogen and oxygen atoms in total. The number of aryl methyl sites for hydroxylation is 1. The molecule has 1 aliphatic rings. The average Bonchev–Trinajstić information content (AvgIpc) is 3.12. The lowest BCUT2D eigenvalue weighted by Crippen LogP contribution is -2.16. The molecule has 0 saturated heterocycles. The summed E-state index contributed by atoms with van der Waals surface area (Å²) in [6, 6.07) is 4.03. The summed E-state index contributed by atoms with van der Waals surface area (Å²) in [5.41, 5.74) is 8.73. The number of nitrogens with one attached hydrogen (secondary N) is 1. The van der Waals surface area contributed by atoms with Crippen LogP contribution in [0.3, 0.4) is 0 Å². The Hall–Kier alpha value is -2.30. The standard InChI is InChI=1S/C14H16N4O/c1-9-4-11(7-16-6-9)17-14(19)13-5-10(15)8-18(13)12-2-3-12/h4-8,12H,2-3,15H2,1H3,(H,17,19). The van der Waals surface area contributed by atoms with E-state index in [1.54, 1.807) is 18.5 Å². The number of carbonyl (C=O) groups is 1. The van der Waals surface area contributed by atoms with E-state index in [0.717, 1.165) is 18.4 Å². The maximum Gasteiger partial charge on any atom is 0.272 e. The summed E-state index contributed by atoms with van der Waals surface area (Å²) < 4.78 is 1.97. The van der Waals surface area contributed by atoms with Crippen molar-refractivity contribution in [1.29, 1.82) is 0 Å². The number of nitrogens with two attached hydrogens (primary N) is 1. The van der Waals surface area contributed by atoms with E-state index in [9.17, 15) is 4.79 Å². The number of hydrogen-bond acceptors (Lipinski definition) is 3. The van der Waals surface area contributed by atoms with Crippen molar-refractivity contribution in [1.82, 2.24) is 9.55 Å². The average molecular weight is 256 g/mol. The van der Waals surface area contributed by atoms with E-state index in [2.05, 4.69) is 10.3 Å². The fourth-order valence-corrected chi connectivity index (χ4v) is 2.16. The van der Waals surface area contributed by atoms with Gasteiger partial charge in [0.05, 0.1) is 17.6 Å². The molecule has 2 aromatic heterocycles. The monoisotopic (exact) mass is 256 g/mol. The predicted molar refractivity (Wildman–Crippen MR) is 74.0 cm³/mol.